The summed E-state index contributed by atoms with van der Waals surface area (Å²) in [5.41, 5.74) is 3.67. The van der Waals surface area contributed by atoms with Gasteiger partial charge in [-0.05, 0) is 48.6 Å². The van der Waals surface area contributed by atoms with Gasteiger partial charge in [0.2, 0.25) is 0 Å². The third-order valence-corrected chi connectivity index (χ3v) is 3.88. The molecular weight excluding hydrogens is 258 g/mol. The molecule has 0 aliphatic carbocycles. The highest BCUT2D eigenvalue weighted by Gasteiger charge is 2.07. The lowest BCUT2D eigenvalue weighted by Gasteiger charge is -1.98. The number of benzene rings is 1. The van der Waals surface area contributed by atoms with Crippen molar-refractivity contribution in [2.45, 2.75) is 13.8 Å². The normalized spacial score (nSPS) is 10.5. The second kappa shape index (κ2) is 3.83. The molecule has 0 aliphatic rings. The fraction of sp³-hybridized carbons (Fsp3) is 0.182. The molecule has 0 spiro atoms. The molecule has 1 nitrogen and oxygen atoms in total. The number of nitrogens with zero attached hydrogens (tertiary/aromatic N) is 1. The van der Waals surface area contributed by atoms with Gasteiger partial charge in [0.25, 0.3) is 0 Å². The quantitative estimate of drug-likeness (QED) is 0.755. The topological polar surface area (TPSA) is 12.9 Å². The van der Waals surface area contributed by atoms with Crippen molar-refractivity contribution in [3.63, 3.8) is 0 Å². The van der Waals surface area contributed by atoms with Gasteiger partial charge in [0.1, 0.15) is 0 Å². The number of hydrogen-bond acceptors (Lipinski definition) is 2. The summed E-state index contributed by atoms with van der Waals surface area (Å²) in [5, 5.41) is 0. The third kappa shape index (κ3) is 1.74. The molecule has 72 valence electrons. The Morgan fingerprint density at radius 2 is 1.79 bits per heavy atom. The summed E-state index contributed by atoms with van der Waals surface area (Å²) in [6.07, 6.45) is 0. The van der Waals surface area contributed by atoms with Crippen molar-refractivity contribution in [3.05, 3.63) is 40.0 Å². The van der Waals surface area contributed by atoms with Crippen molar-refractivity contribution in [3.8, 4) is 10.4 Å². The van der Waals surface area contributed by atoms with E-state index >= 15 is 0 Å². The maximum absolute atomic E-state index is 4.34. The van der Waals surface area contributed by atoms with Gasteiger partial charge in [0.05, 0.1) is 10.6 Å². The Morgan fingerprint density at radius 3 is 2.29 bits per heavy atom. The van der Waals surface area contributed by atoms with Crippen molar-refractivity contribution in [1.82, 2.24) is 4.37 Å². The number of aryl methyl sites for hydroxylation is 1. The first-order chi connectivity index (χ1) is 6.68. The molecule has 0 bridgehead atoms. The lowest BCUT2D eigenvalue weighted by molar-refractivity contribution is 1.28. The van der Waals surface area contributed by atoms with E-state index in [0.717, 1.165) is 10.2 Å². The van der Waals surface area contributed by atoms with Crippen molar-refractivity contribution >= 4 is 27.5 Å². The molecule has 2 aromatic rings. The van der Waals surface area contributed by atoms with Crippen molar-refractivity contribution in [1.29, 1.82) is 0 Å². The van der Waals surface area contributed by atoms with Gasteiger partial charge >= 0.3 is 0 Å². The standard InChI is InChI=1S/C11H10BrNS/c1-7-8(2)13-14-11(7)9-3-5-10(12)6-4-9/h3-6H,1-2H3. The minimum absolute atomic E-state index is 1.11. The summed E-state index contributed by atoms with van der Waals surface area (Å²) < 4.78 is 5.46. The number of aromatic nitrogens is 1. The zero-order valence-corrected chi connectivity index (χ0v) is 10.4. The number of halogens is 1. The zero-order chi connectivity index (χ0) is 10.1. The third-order valence-electron chi connectivity index (χ3n) is 2.26. The maximum atomic E-state index is 4.34. The molecule has 0 fully saturated rings. The van der Waals surface area contributed by atoms with E-state index in [1.165, 1.54) is 16.0 Å². The Bertz CT molecular complexity index is 445. The Hall–Kier alpha value is -0.670. The van der Waals surface area contributed by atoms with Crippen LogP contribution in [-0.2, 0) is 0 Å². The first kappa shape index (κ1) is 9.87. The van der Waals surface area contributed by atoms with Crippen molar-refractivity contribution < 1.29 is 0 Å². The Kier molecular flexibility index (Phi) is 2.70. The molecule has 0 aliphatic heterocycles. The Labute approximate surface area is 96.1 Å². The van der Waals surface area contributed by atoms with Gasteiger partial charge in [-0.3, -0.25) is 0 Å². The summed E-state index contributed by atoms with van der Waals surface area (Å²) >= 11 is 5.00. The van der Waals surface area contributed by atoms with Crippen LogP contribution >= 0.6 is 27.5 Å². The van der Waals surface area contributed by atoms with E-state index in [2.05, 4.69) is 51.5 Å². The van der Waals surface area contributed by atoms with Crippen LogP contribution in [0.3, 0.4) is 0 Å². The average molecular weight is 268 g/mol. The molecule has 1 heterocycles. The van der Waals surface area contributed by atoms with Gasteiger partial charge in [-0.15, -0.1) is 0 Å². The second-order valence-corrected chi connectivity index (χ2v) is 4.92. The van der Waals surface area contributed by atoms with Gasteiger partial charge < -0.3 is 0 Å². The predicted octanol–water partition coefficient (Wildman–Crippen LogP) is 4.19. The molecule has 1 aromatic heterocycles. The lowest BCUT2D eigenvalue weighted by atomic mass is 10.1. The summed E-state index contributed by atoms with van der Waals surface area (Å²) in [5.74, 6) is 0. The summed E-state index contributed by atoms with van der Waals surface area (Å²) in [7, 11) is 0. The predicted molar refractivity (Wildman–Crippen MR) is 64.7 cm³/mol. The van der Waals surface area contributed by atoms with Crippen LogP contribution in [0.15, 0.2) is 28.7 Å². The van der Waals surface area contributed by atoms with Crippen LogP contribution in [0.2, 0.25) is 0 Å². The van der Waals surface area contributed by atoms with E-state index in [1.807, 2.05) is 6.92 Å². The molecule has 3 heteroatoms. The second-order valence-electron chi connectivity index (χ2n) is 3.23. The van der Waals surface area contributed by atoms with Crippen LogP contribution in [0.4, 0.5) is 0 Å². The van der Waals surface area contributed by atoms with Gasteiger partial charge in [0, 0.05) is 4.47 Å². The van der Waals surface area contributed by atoms with E-state index in [1.54, 1.807) is 11.5 Å². The molecule has 0 radical (unpaired) electrons. The van der Waals surface area contributed by atoms with Crippen molar-refractivity contribution in [2.24, 2.45) is 0 Å². The van der Waals surface area contributed by atoms with Gasteiger partial charge in [-0.1, -0.05) is 28.1 Å². The van der Waals surface area contributed by atoms with Crippen LogP contribution in [0.1, 0.15) is 11.3 Å². The van der Waals surface area contributed by atoms with Gasteiger partial charge in [0.15, 0.2) is 0 Å². The minimum atomic E-state index is 1.11. The van der Waals surface area contributed by atoms with Gasteiger partial charge in [-0.25, -0.2) is 0 Å². The van der Waals surface area contributed by atoms with Crippen LogP contribution < -0.4 is 0 Å². The maximum Gasteiger partial charge on any atom is 0.0581 e. The molecule has 14 heavy (non-hydrogen) atoms. The number of hydrogen-bond donors (Lipinski definition) is 0. The fourth-order valence-electron chi connectivity index (χ4n) is 1.29. The fourth-order valence-corrected chi connectivity index (χ4v) is 2.44. The number of rotatable bonds is 1. The van der Waals surface area contributed by atoms with E-state index in [-0.39, 0.29) is 0 Å². The highest BCUT2D eigenvalue weighted by molar-refractivity contribution is 9.10. The highest BCUT2D eigenvalue weighted by atomic mass is 79.9. The first-order valence-electron chi connectivity index (χ1n) is 4.37. The highest BCUT2D eigenvalue weighted by Crippen LogP contribution is 2.30. The molecule has 2 rings (SSSR count). The SMILES string of the molecule is Cc1nsc(-c2ccc(Br)cc2)c1C. The van der Waals surface area contributed by atoms with Gasteiger partial charge in [-0.2, -0.15) is 4.37 Å². The summed E-state index contributed by atoms with van der Waals surface area (Å²) in [6.45, 7) is 4.17. The van der Waals surface area contributed by atoms with Crippen LogP contribution in [0.5, 0.6) is 0 Å². The first-order valence-corrected chi connectivity index (χ1v) is 5.94. The summed E-state index contributed by atoms with van der Waals surface area (Å²) in [4.78, 5) is 1.27. The van der Waals surface area contributed by atoms with E-state index in [9.17, 15) is 0 Å². The zero-order valence-electron chi connectivity index (χ0n) is 8.04. The molecule has 0 saturated carbocycles. The van der Waals surface area contributed by atoms with Crippen LogP contribution in [-0.4, -0.2) is 4.37 Å². The van der Waals surface area contributed by atoms with E-state index < -0.39 is 0 Å². The van der Waals surface area contributed by atoms with E-state index in [0.29, 0.717) is 0 Å². The summed E-state index contributed by atoms with van der Waals surface area (Å²) in [6, 6.07) is 8.35. The molecule has 0 N–H and O–H groups in total. The van der Waals surface area contributed by atoms with E-state index in [4.69, 9.17) is 0 Å². The molecule has 0 amide bonds. The molecule has 0 unspecified atom stereocenters. The smallest absolute Gasteiger partial charge is 0.0581 e. The monoisotopic (exact) mass is 267 g/mol. The Morgan fingerprint density at radius 1 is 1.14 bits per heavy atom. The molecule has 0 saturated heterocycles. The minimum Gasteiger partial charge on any atom is -0.197 e. The lowest BCUT2D eigenvalue weighted by Crippen LogP contribution is -1.78. The average Bonchev–Trinajstić information content (AvgIpc) is 2.50. The molecular formula is C11H10BrNS. The van der Waals surface area contributed by atoms with Crippen LogP contribution in [0, 0.1) is 13.8 Å². The molecule has 1 aromatic carbocycles. The largest absolute Gasteiger partial charge is 0.197 e. The van der Waals surface area contributed by atoms with Crippen LogP contribution in [0.25, 0.3) is 10.4 Å². The molecule has 0 atom stereocenters. The van der Waals surface area contributed by atoms with Crippen molar-refractivity contribution in [2.75, 3.05) is 0 Å². The Balaban J connectivity index is 2.49.